The predicted octanol–water partition coefficient (Wildman–Crippen LogP) is 1.56. The maximum atomic E-state index is 11.2. The van der Waals surface area contributed by atoms with Gasteiger partial charge in [0.15, 0.2) is 0 Å². The van der Waals surface area contributed by atoms with Crippen LogP contribution in [0.5, 0.6) is 11.5 Å². The minimum Gasteiger partial charge on any atom is -0.508 e. The van der Waals surface area contributed by atoms with Gasteiger partial charge in [-0.1, -0.05) is 6.92 Å². The van der Waals surface area contributed by atoms with Crippen molar-refractivity contribution in [3.63, 3.8) is 0 Å². The highest BCUT2D eigenvalue weighted by Crippen LogP contribution is 2.25. The molecule has 0 aliphatic heterocycles. The van der Waals surface area contributed by atoms with Crippen LogP contribution < -0.4 is 5.73 Å². The lowest BCUT2D eigenvalue weighted by Crippen LogP contribution is -2.33. The topological polar surface area (TPSA) is 92.8 Å². The third-order valence-corrected chi connectivity index (χ3v) is 3.13. The van der Waals surface area contributed by atoms with Gasteiger partial charge in [0.25, 0.3) is 0 Å². The molecule has 0 bridgehead atoms. The first kappa shape index (κ1) is 15.3. The molecule has 0 aliphatic rings. The van der Waals surface area contributed by atoms with Crippen molar-refractivity contribution < 1.29 is 19.7 Å². The molecule has 0 aromatic heterocycles. The molecule has 106 valence electrons. The molecule has 0 fully saturated rings. The van der Waals surface area contributed by atoms with Gasteiger partial charge in [-0.05, 0) is 48.9 Å². The Balaban J connectivity index is 2.48. The number of benzene rings is 1. The smallest absolute Gasteiger partial charge is 0.322 e. The number of phenols is 2. The first-order chi connectivity index (χ1) is 8.93. The molecule has 1 rings (SSSR count). The number of hydrogen-bond acceptors (Lipinski definition) is 5. The van der Waals surface area contributed by atoms with Crippen LogP contribution in [0.2, 0.25) is 0 Å². The fraction of sp³-hybridized carbons (Fsp3) is 0.500. The molecule has 1 aromatic rings. The Morgan fingerprint density at radius 3 is 2.74 bits per heavy atom. The SMILES string of the molecule is COC(=O)C(N)CC(C)CCc1cc(O)ccc1O. The number of phenolic OH excluding ortho intramolecular Hbond substituents is 2. The number of carbonyl (C=O) groups is 1. The molecule has 0 saturated heterocycles. The molecule has 5 nitrogen and oxygen atoms in total. The zero-order valence-electron chi connectivity index (χ0n) is 11.3. The van der Waals surface area contributed by atoms with Crippen molar-refractivity contribution in [1.82, 2.24) is 0 Å². The van der Waals surface area contributed by atoms with Gasteiger partial charge in [0.2, 0.25) is 0 Å². The molecule has 0 radical (unpaired) electrons. The van der Waals surface area contributed by atoms with Crippen LogP contribution in [0.4, 0.5) is 0 Å². The van der Waals surface area contributed by atoms with Crippen LogP contribution in [-0.2, 0) is 16.0 Å². The number of aromatic hydroxyl groups is 2. The number of rotatable bonds is 6. The van der Waals surface area contributed by atoms with Gasteiger partial charge >= 0.3 is 5.97 Å². The molecular formula is C14H21NO4. The van der Waals surface area contributed by atoms with E-state index in [0.717, 1.165) is 6.42 Å². The number of aryl methyl sites for hydroxylation is 1. The van der Waals surface area contributed by atoms with E-state index in [1.54, 1.807) is 6.07 Å². The first-order valence-corrected chi connectivity index (χ1v) is 6.28. The van der Waals surface area contributed by atoms with Gasteiger partial charge in [-0.3, -0.25) is 4.79 Å². The number of nitrogens with two attached hydrogens (primary N) is 1. The van der Waals surface area contributed by atoms with E-state index in [0.29, 0.717) is 18.4 Å². The van der Waals surface area contributed by atoms with Crippen molar-refractivity contribution in [2.75, 3.05) is 7.11 Å². The summed E-state index contributed by atoms with van der Waals surface area (Å²) in [6.45, 7) is 1.99. The Morgan fingerprint density at radius 2 is 2.11 bits per heavy atom. The Morgan fingerprint density at radius 1 is 1.42 bits per heavy atom. The third kappa shape index (κ3) is 4.79. The molecule has 0 aliphatic carbocycles. The van der Waals surface area contributed by atoms with E-state index in [-0.39, 0.29) is 17.4 Å². The summed E-state index contributed by atoms with van der Waals surface area (Å²) in [5.74, 6) is 0.108. The van der Waals surface area contributed by atoms with E-state index in [1.165, 1.54) is 19.2 Å². The van der Waals surface area contributed by atoms with Gasteiger partial charge in [-0.25, -0.2) is 0 Å². The summed E-state index contributed by atoms with van der Waals surface area (Å²) in [4.78, 5) is 11.2. The molecule has 2 atom stereocenters. The summed E-state index contributed by atoms with van der Waals surface area (Å²) in [7, 11) is 1.32. The molecular weight excluding hydrogens is 246 g/mol. The van der Waals surface area contributed by atoms with E-state index in [4.69, 9.17) is 5.73 Å². The van der Waals surface area contributed by atoms with Crippen LogP contribution in [0.1, 0.15) is 25.3 Å². The fourth-order valence-corrected chi connectivity index (χ4v) is 1.97. The van der Waals surface area contributed by atoms with E-state index in [9.17, 15) is 15.0 Å². The minimum absolute atomic E-state index is 0.131. The van der Waals surface area contributed by atoms with Crippen molar-refractivity contribution >= 4 is 5.97 Å². The van der Waals surface area contributed by atoms with Crippen molar-refractivity contribution in [2.24, 2.45) is 11.7 Å². The van der Waals surface area contributed by atoms with Crippen molar-refractivity contribution in [2.45, 2.75) is 32.2 Å². The maximum absolute atomic E-state index is 11.2. The highest BCUT2D eigenvalue weighted by Gasteiger charge is 2.17. The van der Waals surface area contributed by atoms with Gasteiger partial charge in [-0.15, -0.1) is 0 Å². The lowest BCUT2D eigenvalue weighted by Gasteiger charge is -2.15. The number of esters is 1. The molecule has 19 heavy (non-hydrogen) atoms. The fourth-order valence-electron chi connectivity index (χ4n) is 1.97. The van der Waals surface area contributed by atoms with Gasteiger partial charge < -0.3 is 20.7 Å². The lowest BCUT2D eigenvalue weighted by atomic mass is 9.94. The summed E-state index contributed by atoms with van der Waals surface area (Å²) in [5.41, 5.74) is 6.38. The summed E-state index contributed by atoms with van der Waals surface area (Å²) < 4.78 is 4.57. The third-order valence-electron chi connectivity index (χ3n) is 3.13. The lowest BCUT2D eigenvalue weighted by molar-refractivity contribution is -0.142. The summed E-state index contributed by atoms with van der Waals surface area (Å²) in [6, 6.07) is 3.84. The molecule has 0 amide bonds. The van der Waals surface area contributed by atoms with Gasteiger partial charge in [0.1, 0.15) is 17.5 Å². The Bertz CT molecular complexity index is 433. The highest BCUT2D eigenvalue weighted by molar-refractivity contribution is 5.75. The maximum Gasteiger partial charge on any atom is 0.322 e. The van der Waals surface area contributed by atoms with Crippen LogP contribution >= 0.6 is 0 Å². The van der Waals surface area contributed by atoms with Crippen LogP contribution in [0.3, 0.4) is 0 Å². The predicted molar refractivity (Wildman–Crippen MR) is 71.9 cm³/mol. The summed E-state index contributed by atoms with van der Waals surface area (Å²) in [5, 5.41) is 19.0. The van der Waals surface area contributed by atoms with E-state index < -0.39 is 12.0 Å². The van der Waals surface area contributed by atoms with E-state index in [1.807, 2.05) is 6.92 Å². The second-order valence-electron chi connectivity index (χ2n) is 4.82. The molecule has 0 spiro atoms. The first-order valence-electron chi connectivity index (χ1n) is 6.28. The molecule has 0 heterocycles. The zero-order chi connectivity index (χ0) is 14.4. The normalized spacial score (nSPS) is 13.8. The summed E-state index contributed by atoms with van der Waals surface area (Å²) >= 11 is 0. The number of carbonyl (C=O) groups excluding carboxylic acids is 1. The quantitative estimate of drug-likeness (QED) is 0.537. The van der Waals surface area contributed by atoms with Crippen LogP contribution in [0.15, 0.2) is 18.2 Å². The zero-order valence-corrected chi connectivity index (χ0v) is 11.3. The molecule has 1 aromatic carbocycles. The molecule has 5 heteroatoms. The van der Waals surface area contributed by atoms with Gasteiger partial charge in [0.05, 0.1) is 7.11 Å². The second kappa shape index (κ2) is 6.99. The Kier molecular flexibility index (Phi) is 5.63. The minimum atomic E-state index is -0.613. The molecule has 4 N–H and O–H groups in total. The second-order valence-corrected chi connectivity index (χ2v) is 4.82. The monoisotopic (exact) mass is 267 g/mol. The van der Waals surface area contributed by atoms with E-state index >= 15 is 0 Å². The van der Waals surface area contributed by atoms with Crippen molar-refractivity contribution in [1.29, 1.82) is 0 Å². The Hall–Kier alpha value is -1.75. The van der Waals surface area contributed by atoms with Crippen LogP contribution in [0.25, 0.3) is 0 Å². The van der Waals surface area contributed by atoms with Crippen molar-refractivity contribution in [3.8, 4) is 11.5 Å². The number of hydrogen-bond donors (Lipinski definition) is 3. The number of methoxy groups -OCH3 is 1. The largest absolute Gasteiger partial charge is 0.508 e. The highest BCUT2D eigenvalue weighted by atomic mass is 16.5. The van der Waals surface area contributed by atoms with E-state index in [2.05, 4.69) is 4.74 Å². The van der Waals surface area contributed by atoms with Gasteiger partial charge in [0, 0.05) is 0 Å². The number of ether oxygens (including phenoxy) is 1. The standard InChI is InChI=1S/C14H21NO4/c1-9(7-12(15)14(18)19-2)3-4-10-8-11(16)5-6-13(10)17/h5-6,8-9,12,16-17H,3-4,7,15H2,1-2H3. The molecule has 2 unspecified atom stereocenters. The average Bonchev–Trinajstić information content (AvgIpc) is 2.38. The Labute approximate surface area is 113 Å². The van der Waals surface area contributed by atoms with Gasteiger partial charge in [-0.2, -0.15) is 0 Å². The van der Waals surface area contributed by atoms with Crippen molar-refractivity contribution in [3.05, 3.63) is 23.8 Å². The summed E-state index contributed by atoms with van der Waals surface area (Å²) in [6.07, 6.45) is 1.92. The van der Waals surface area contributed by atoms with Crippen LogP contribution in [0, 0.1) is 5.92 Å². The van der Waals surface area contributed by atoms with Crippen LogP contribution in [-0.4, -0.2) is 29.3 Å². The average molecular weight is 267 g/mol. The molecule has 0 saturated carbocycles.